The van der Waals surface area contributed by atoms with Gasteiger partial charge in [0.25, 0.3) is 0 Å². The molecule has 1 amide bonds. The highest BCUT2D eigenvalue weighted by molar-refractivity contribution is 7.92. The number of carbonyl (C=O) groups excluding carboxylic acids is 1. The van der Waals surface area contributed by atoms with Gasteiger partial charge in [-0.3, -0.25) is 4.79 Å². The highest BCUT2D eigenvalue weighted by atomic mass is 32.2. The fourth-order valence-corrected chi connectivity index (χ4v) is 3.25. The van der Waals surface area contributed by atoms with Gasteiger partial charge in [-0.2, -0.15) is 0 Å². The molecule has 24 heavy (non-hydrogen) atoms. The van der Waals surface area contributed by atoms with Gasteiger partial charge in [0.1, 0.15) is 6.04 Å². The van der Waals surface area contributed by atoms with Crippen LogP contribution >= 0.6 is 0 Å². The Hall–Kier alpha value is -1.89. The molecule has 6 nitrogen and oxygen atoms in total. The Labute approximate surface area is 143 Å². The minimum absolute atomic E-state index is 0.00385. The monoisotopic (exact) mass is 355 g/mol. The second kappa shape index (κ2) is 8.28. The van der Waals surface area contributed by atoms with Crippen LogP contribution in [-0.4, -0.2) is 36.7 Å². The summed E-state index contributed by atoms with van der Waals surface area (Å²) < 4.78 is 24.1. The van der Waals surface area contributed by atoms with Crippen LogP contribution in [0.25, 0.3) is 0 Å². The first-order chi connectivity index (χ1) is 11.0. The largest absolute Gasteiger partial charge is 0.480 e. The molecule has 0 aliphatic carbocycles. The van der Waals surface area contributed by atoms with E-state index < -0.39 is 33.0 Å². The zero-order valence-electron chi connectivity index (χ0n) is 14.4. The SMILES string of the molecule is CC(C)CC(NC(=O)Cc1ccc(S(=O)(=O)C(C)C)cc1)C(=O)O. The topological polar surface area (TPSA) is 101 Å². The molecule has 0 heterocycles. The van der Waals surface area contributed by atoms with Crippen LogP contribution in [0.2, 0.25) is 0 Å². The Bertz CT molecular complexity index is 677. The molecule has 0 bridgehead atoms. The Morgan fingerprint density at radius 3 is 2.04 bits per heavy atom. The lowest BCUT2D eigenvalue weighted by atomic mass is 10.0. The molecular weight excluding hydrogens is 330 g/mol. The first-order valence-corrected chi connectivity index (χ1v) is 9.43. The number of hydrogen-bond donors (Lipinski definition) is 2. The average molecular weight is 355 g/mol. The number of amides is 1. The number of rotatable bonds is 8. The summed E-state index contributed by atoms with van der Waals surface area (Å²) >= 11 is 0. The number of aliphatic carboxylic acids is 1. The third-order valence-corrected chi connectivity index (χ3v) is 5.75. The lowest BCUT2D eigenvalue weighted by Gasteiger charge is -2.16. The average Bonchev–Trinajstić information content (AvgIpc) is 2.46. The minimum atomic E-state index is -3.34. The summed E-state index contributed by atoms with van der Waals surface area (Å²) in [6.45, 7) is 6.99. The fraction of sp³-hybridized carbons (Fsp3) is 0.529. The molecule has 134 valence electrons. The van der Waals surface area contributed by atoms with Crippen molar-refractivity contribution in [1.82, 2.24) is 5.32 Å². The van der Waals surface area contributed by atoms with E-state index in [2.05, 4.69) is 5.32 Å². The van der Waals surface area contributed by atoms with E-state index in [1.807, 2.05) is 13.8 Å². The predicted molar refractivity (Wildman–Crippen MR) is 91.5 cm³/mol. The lowest BCUT2D eigenvalue weighted by Crippen LogP contribution is -2.42. The Morgan fingerprint density at radius 1 is 1.08 bits per heavy atom. The summed E-state index contributed by atoms with van der Waals surface area (Å²) in [4.78, 5) is 23.4. The molecule has 0 saturated carbocycles. The van der Waals surface area contributed by atoms with Gasteiger partial charge in [0.2, 0.25) is 5.91 Å². The van der Waals surface area contributed by atoms with Crippen molar-refractivity contribution in [2.75, 3.05) is 0 Å². The number of carbonyl (C=O) groups is 2. The van der Waals surface area contributed by atoms with Crippen molar-refractivity contribution < 1.29 is 23.1 Å². The van der Waals surface area contributed by atoms with Crippen molar-refractivity contribution in [3.8, 4) is 0 Å². The van der Waals surface area contributed by atoms with Crippen molar-refractivity contribution in [1.29, 1.82) is 0 Å². The van der Waals surface area contributed by atoms with Gasteiger partial charge in [-0.25, -0.2) is 13.2 Å². The van der Waals surface area contributed by atoms with E-state index in [4.69, 9.17) is 5.11 Å². The number of nitrogens with one attached hydrogen (secondary N) is 1. The molecule has 0 fully saturated rings. The van der Waals surface area contributed by atoms with Crippen LogP contribution in [0.5, 0.6) is 0 Å². The van der Waals surface area contributed by atoms with E-state index in [0.29, 0.717) is 12.0 Å². The molecule has 7 heteroatoms. The fourth-order valence-electron chi connectivity index (χ4n) is 2.19. The molecule has 0 aromatic heterocycles. The molecule has 1 rings (SSSR count). The number of carboxylic acids is 1. The van der Waals surface area contributed by atoms with Crippen LogP contribution in [0.3, 0.4) is 0 Å². The second-order valence-electron chi connectivity index (χ2n) is 6.50. The minimum Gasteiger partial charge on any atom is -0.480 e. The zero-order chi connectivity index (χ0) is 18.5. The van der Waals surface area contributed by atoms with E-state index in [1.165, 1.54) is 12.1 Å². The summed E-state index contributed by atoms with van der Waals surface area (Å²) in [7, 11) is -3.34. The quantitative estimate of drug-likeness (QED) is 0.743. The molecule has 0 saturated heterocycles. The number of carboxylic acid groups (broad SMARTS) is 1. The smallest absolute Gasteiger partial charge is 0.326 e. The van der Waals surface area contributed by atoms with Crippen LogP contribution in [0, 0.1) is 5.92 Å². The predicted octanol–water partition coefficient (Wildman–Crippen LogP) is 2.03. The van der Waals surface area contributed by atoms with Gasteiger partial charge in [0.05, 0.1) is 16.6 Å². The van der Waals surface area contributed by atoms with E-state index in [-0.39, 0.29) is 17.2 Å². The molecule has 1 atom stereocenters. The molecule has 1 aromatic rings. The van der Waals surface area contributed by atoms with Gasteiger partial charge in [-0.1, -0.05) is 26.0 Å². The molecule has 1 aromatic carbocycles. The van der Waals surface area contributed by atoms with Crippen molar-refractivity contribution in [2.45, 2.75) is 56.7 Å². The van der Waals surface area contributed by atoms with Gasteiger partial charge in [0, 0.05) is 0 Å². The van der Waals surface area contributed by atoms with Gasteiger partial charge in [0.15, 0.2) is 9.84 Å². The number of hydrogen-bond acceptors (Lipinski definition) is 4. The lowest BCUT2D eigenvalue weighted by molar-refractivity contribution is -0.142. The van der Waals surface area contributed by atoms with Gasteiger partial charge in [-0.05, 0) is 43.9 Å². The highest BCUT2D eigenvalue weighted by Crippen LogP contribution is 2.16. The first-order valence-electron chi connectivity index (χ1n) is 7.89. The van der Waals surface area contributed by atoms with Crippen molar-refractivity contribution >= 4 is 21.7 Å². The number of sulfone groups is 1. The van der Waals surface area contributed by atoms with Crippen molar-refractivity contribution in [3.05, 3.63) is 29.8 Å². The van der Waals surface area contributed by atoms with Crippen molar-refractivity contribution in [2.24, 2.45) is 5.92 Å². The van der Waals surface area contributed by atoms with Gasteiger partial charge < -0.3 is 10.4 Å². The Morgan fingerprint density at radius 2 is 1.62 bits per heavy atom. The van der Waals surface area contributed by atoms with Crippen LogP contribution in [0.1, 0.15) is 39.7 Å². The zero-order valence-corrected chi connectivity index (χ0v) is 15.3. The molecule has 0 aliphatic rings. The van der Waals surface area contributed by atoms with E-state index in [9.17, 15) is 18.0 Å². The molecule has 0 radical (unpaired) electrons. The first kappa shape index (κ1) is 20.2. The van der Waals surface area contributed by atoms with Gasteiger partial charge in [-0.15, -0.1) is 0 Å². The molecular formula is C17H25NO5S. The summed E-state index contributed by atoms with van der Waals surface area (Å²) in [6.07, 6.45) is 0.358. The summed E-state index contributed by atoms with van der Waals surface area (Å²) in [5.41, 5.74) is 0.629. The summed E-state index contributed by atoms with van der Waals surface area (Å²) in [5, 5.41) is 11.1. The standard InChI is InChI=1S/C17H25NO5S/c1-11(2)9-15(17(20)21)18-16(19)10-13-5-7-14(8-6-13)24(22,23)12(3)4/h5-8,11-12,15H,9-10H2,1-4H3,(H,18,19)(H,20,21). The summed E-state index contributed by atoms with van der Waals surface area (Å²) in [6, 6.07) is 5.18. The Balaban J connectivity index is 2.76. The van der Waals surface area contributed by atoms with E-state index >= 15 is 0 Å². The third kappa shape index (κ3) is 5.63. The molecule has 0 spiro atoms. The normalized spacial score (nSPS) is 13.1. The summed E-state index contributed by atoms with van der Waals surface area (Å²) in [5.74, 6) is -1.31. The maximum absolute atomic E-state index is 12.0. The van der Waals surface area contributed by atoms with Gasteiger partial charge >= 0.3 is 5.97 Å². The van der Waals surface area contributed by atoms with Crippen LogP contribution in [-0.2, 0) is 25.8 Å². The van der Waals surface area contributed by atoms with E-state index in [1.54, 1.807) is 26.0 Å². The second-order valence-corrected chi connectivity index (χ2v) is 9.01. The van der Waals surface area contributed by atoms with E-state index in [0.717, 1.165) is 0 Å². The highest BCUT2D eigenvalue weighted by Gasteiger charge is 2.22. The maximum Gasteiger partial charge on any atom is 0.326 e. The molecule has 1 unspecified atom stereocenters. The maximum atomic E-state index is 12.0. The molecule has 2 N–H and O–H groups in total. The Kier molecular flexibility index (Phi) is 6.95. The third-order valence-electron chi connectivity index (χ3n) is 3.58. The van der Waals surface area contributed by atoms with Crippen molar-refractivity contribution in [3.63, 3.8) is 0 Å². The number of benzene rings is 1. The van der Waals surface area contributed by atoms with Crippen LogP contribution in [0.4, 0.5) is 0 Å². The van der Waals surface area contributed by atoms with Crippen LogP contribution in [0.15, 0.2) is 29.2 Å². The van der Waals surface area contributed by atoms with Crippen LogP contribution < -0.4 is 5.32 Å². The molecule has 0 aliphatic heterocycles.